The van der Waals surface area contributed by atoms with Crippen LogP contribution in [0, 0.1) is 10.1 Å². The van der Waals surface area contributed by atoms with Crippen LogP contribution >= 0.6 is 11.6 Å². The predicted molar refractivity (Wildman–Crippen MR) is 102 cm³/mol. The van der Waals surface area contributed by atoms with Gasteiger partial charge in [0.1, 0.15) is 11.3 Å². The number of benzene rings is 2. The molecule has 3 aromatic rings. The number of halogens is 1. The predicted octanol–water partition coefficient (Wildman–Crippen LogP) is 3.71. The molecule has 0 fully saturated rings. The van der Waals surface area contributed by atoms with Gasteiger partial charge in [-0.05, 0) is 35.9 Å². The first-order valence-corrected chi connectivity index (χ1v) is 8.32. The number of hydrogen-bond acceptors (Lipinski definition) is 4. The lowest BCUT2D eigenvalue weighted by molar-refractivity contribution is -0.383. The SMILES string of the molecule is O=C(Nc1ccccc1[N+](=O)[O-])c1cccn(Cc2ccc(Cl)cc2)c1=O. The van der Waals surface area contributed by atoms with Crippen molar-refractivity contribution in [1.82, 2.24) is 4.57 Å². The highest BCUT2D eigenvalue weighted by Crippen LogP contribution is 2.23. The molecule has 0 saturated carbocycles. The average Bonchev–Trinajstić information content (AvgIpc) is 2.65. The topological polar surface area (TPSA) is 94.2 Å². The van der Waals surface area contributed by atoms with Crippen LogP contribution < -0.4 is 10.9 Å². The fourth-order valence-electron chi connectivity index (χ4n) is 2.55. The van der Waals surface area contributed by atoms with Gasteiger partial charge in [0.15, 0.2) is 0 Å². The first kappa shape index (κ1) is 18.3. The Labute approximate surface area is 159 Å². The van der Waals surface area contributed by atoms with Crippen molar-refractivity contribution in [3.63, 3.8) is 0 Å². The zero-order chi connectivity index (χ0) is 19.4. The van der Waals surface area contributed by atoms with E-state index in [1.807, 2.05) is 0 Å². The molecule has 0 radical (unpaired) electrons. The maximum Gasteiger partial charge on any atom is 0.292 e. The lowest BCUT2D eigenvalue weighted by Gasteiger charge is -2.09. The van der Waals surface area contributed by atoms with Crippen LogP contribution in [-0.4, -0.2) is 15.4 Å². The molecule has 3 rings (SSSR count). The highest BCUT2D eigenvalue weighted by atomic mass is 35.5. The zero-order valence-corrected chi connectivity index (χ0v) is 14.7. The van der Waals surface area contributed by atoms with Crippen molar-refractivity contribution in [1.29, 1.82) is 0 Å². The number of nitro benzene ring substituents is 1. The first-order valence-electron chi connectivity index (χ1n) is 7.94. The van der Waals surface area contributed by atoms with Gasteiger partial charge in [-0.2, -0.15) is 0 Å². The van der Waals surface area contributed by atoms with Crippen molar-refractivity contribution >= 4 is 28.9 Å². The molecule has 1 heterocycles. The molecular formula is C19H14ClN3O4. The van der Waals surface area contributed by atoms with Crippen LogP contribution in [0.1, 0.15) is 15.9 Å². The van der Waals surface area contributed by atoms with Crippen LogP contribution in [0.15, 0.2) is 71.7 Å². The van der Waals surface area contributed by atoms with Crippen molar-refractivity contribution in [3.8, 4) is 0 Å². The summed E-state index contributed by atoms with van der Waals surface area (Å²) in [4.78, 5) is 35.6. The summed E-state index contributed by atoms with van der Waals surface area (Å²) in [5, 5.41) is 14.1. The second-order valence-electron chi connectivity index (χ2n) is 5.71. The number of rotatable bonds is 5. The van der Waals surface area contributed by atoms with Crippen LogP contribution in [0.5, 0.6) is 0 Å². The Kier molecular flexibility index (Phi) is 5.33. The highest BCUT2D eigenvalue weighted by molar-refractivity contribution is 6.30. The van der Waals surface area contributed by atoms with Gasteiger partial charge in [0.25, 0.3) is 17.2 Å². The van der Waals surface area contributed by atoms with Crippen molar-refractivity contribution in [2.45, 2.75) is 6.54 Å². The summed E-state index contributed by atoms with van der Waals surface area (Å²) in [6, 6.07) is 15.7. The summed E-state index contributed by atoms with van der Waals surface area (Å²) >= 11 is 5.86. The van der Waals surface area contributed by atoms with Gasteiger partial charge in [-0.15, -0.1) is 0 Å². The Morgan fingerprint density at radius 1 is 1.07 bits per heavy atom. The van der Waals surface area contributed by atoms with E-state index < -0.39 is 16.4 Å². The van der Waals surface area contributed by atoms with Gasteiger partial charge in [-0.1, -0.05) is 35.9 Å². The first-order chi connectivity index (χ1) is 13.0. The summed E-state index contributed by atoms with van der Waals surface area (Å²) < 4.78 is 1.39. The maximum atomic E-state index is 12.6. The van der Waals surface area contributed by atoms with Gasteiger partial charge in [0.2, 0.25) is 0 Å². The molecule has 0 aliphatic heterocycles. The molecule has 27 heavy (non-hydrogen) atoms. The van der Waals surface area contributed by atoms with E-state index in [2.05, 4.69) is 5.32 Å². The number of nitrogens with zero attached hydrogens (tertiary/aromatic N) is 2. The number of anilines is 1. The standard InChI is InChI=1S/C19H14ClN3O4/c20-14-9-7-13(8-10-14)12-22-11-3-4-15(19(22)25)18(24)21-16-5-1-2-6-17(16)23(26)27/h1-11H,12H2,(H,21,24). The molecule has 8 heteroatoms. The lowest BCUT2D eigenvalue weighted by atomic mass is 10.2. The minimum absolute atomic E-state index is 0.0278. The number of pyridine rings is 1. The van der Waals surface area contributed by atoms with Crippen LogP contribution in [-0.2, 0) is 6.54 Å². The van der Waals surface area contributed by atoms with E-state index in [0.29, 0.717) is 5.02 Å². The second-order valence-corrected chi connectivity index (χ2v) is 6.15. The van der Waals surface area contributed by atoms with E-state index in [1.165, 1.54) is 28.8 Å². The summed E-state index contributed by atoms with van der Waals surface area (Å²) in [6.07, 6.45) is 1.57. The molecule has 0 atom stereocenters. The molecule has 0 spiro atoms. The normalized spacial score (nSPS) is 10.4. The number of para-hydroxylation sites is 2. The van der Waals surface area contributed by atoms with Crippen LogP contribution in [0.4, 0.5) is 11.4 Å². The third-order valence-electron chi connectivity index (χ3n) is 3.88. The summed E-state index contributed by atoms with van der Waals surface area (Å²) in [7, 11) is 0. The Hall–Kier alpha value is -3.45. The van der Waals surface area contributed by atoms with Crippen LogP contribution in [0.3, 0.4) is 0 Å². The maximum absolute atomic E-state index is 12.6. The molecule has 0 aliphatic rings. The molecule has 136 valence electrons. The van der Waals surface area contributed by atoms with Gasteiger partial charge < -0.3 is 9.88 Å². The third-order valence-corrected chi connectivity index (χ3v) is 4.13. The van der Waals surface area contributed by atoms with Gasteiger partial charge in [0, 0.05) is 17.3 Å². The monoisotopic (exact) mass is 383 g/mol. The van der Waals surface area contributed by atoms with E-state index in [-0.39, 0.29) is 23.5 Å². The second kappa shape index (κ2) is 7.84. The largest absolute Gasteiger partial charge is 0.316 e. The summed E-state index contributed by atoms with van der Waals surface area (Å²) in [6.45, 7) is 0.266. The van der Waals surface area contributed by atoms with Crippen molar-refractivity contribution in [2.24, 2.45) is 0 Å². The Bertz CT molecular complexity index is 1060. The molecule has 0 saturated heterocycles. The molecule has 1 amide bonds. The van der Waals surface area contributed by atoms with Gasteiger partial charge in [-0.3, -0.25) is 19.7 Å². The average molecular weight is 384 g/mol. The van der Waals surface area contributed by atoms with E-state index in [4.69, 9.17) is 11.6 Å². The van der Waals surface area contributed by atoms with E-state index >= 15 is 0 Å². The zero-order valence-electron chi connectivity index (χ0n) is 14.0. The number of amides is 1. The Morgan fingerprint density at radius 3 is 2.48 bits per heavy atom. The number of nitro groups is 1. The number of aromatic nitrogens is 1. The van der Waals surface area contributed by atoms with Crippen molar-refractivity contribution in [2.75, 3.05) is 5.32 Å². The fraction of sp³-hybridized carbons (Fsp3) is 0.0526. The summed E-state index contributed by atoms with van der Waals surface area (Å²) in [5.41, 5.74) is 0.0224. The molecule has 0 aliphatic carbocycles. The van der Waals surface area contributed by atoms with E-state index in [9.17, 15) is 19.7 Å². The van der Waals surface area contributed by atoms with Crippen LogP contribution in [0.25, 0.3) is 0 Å². The third kappa shape index (κ3) is 4.21. The van der Waals surface area contributed by atoms with Gasteiger partial charge in [-0.25, -0.2) is 0 Å². The van der Waals surface area contributed by atoms with Crippen molar-refractivity contribution in [3.05, 3.63) is 103 Å². The Morgan fingerprint density at radius 2 is 1.78 bits per heavy atom. The minimum atomic E-state index is -0.709. The molecule has 2 aromatic carbocycles. The molecule has 0 unspecified atom stereocenters. The van der Waals surface area contributed by atoms with Gasteiger partial charge in [0.05, 0.1) is 11.5 Å². The molecule has 1 N–H and O–H groups in total. The molecule has 1 aromatic heterocycles. The molecule has 7 nitrogen and oxygen atoms in total. The van der Waals surface area contributed by atoms with Gasteiger partial charge >= 0.3 is 0 Å². The molecular weight excluding hydrogens is 370 g/mol. The van der Waals surface area contributed by atoms with Crippen molar-refractivity contribution < 1.29 is 9.72 Å². The number of hydrogen-bond donors (Lipinski definition) is 1. The number of carbonyl (C=O) groups is 1. The molecule has 0 bridgehead atoms. The Balaban J connectivity index is 1.87. The van der Waals surface area contributed by atoms with Crippen LogP contribution in [0.2, 0.25) is 5.02 Å². The minimum Gasteiger partial charge on any atom is -0.316 e. The summed E-state index contributed by atoms with van der Waals surface area (Å²) in [5.74, 6) is -0.709. The lowest BCUT2D eigenvalue weighted by Crippen LogP contribution is -2.29. The van der Waals surface area contributed by atoms with E-state index in [1.54, 1.807) is 42.6 Å². The highest BCUT2D eigenvalue weighted by Gasteiger charge is 2.18. The number of nitrogens with one attached hydrogen (secondary N) is 1. The quantitative estimate of drug-likeness (QED) is 0.536. The fourth-order valence-corrected chi connectivity index (χ4v) is 2.67. The van der Waals surface area contributed by atoms with E-state index in [0.717, 1.165) is 5.56 Å². The smallest absolute Gasteiger partial charge is 0.292 e. The number of carbonyl (C=O) groups excluding carboxylic acids is 1.